The Morgan fingerprint density at radius 2 is 1.96 bits per heavy atom. The summed E-state index contributed by atoms with van der Waals surface area (Å²) in [5.41, 5.74) is 6.84. The highest BCUT2D eigenvalue weighted by Gasteiger charge is 2.14. The summed E-state index contributed by atoms with van der Waals surface area (Å²) < 4.78 is 5.61. The first-order chi connectivity index (χ1) is 13.2. The zero-order valence-corrected chi connectivity index (χ0v) is 15.4. The van der Waals surface area contributed by atoms with Gasteiger partial charge in [0.1, 0.15) is 11.6 Å². The number of nitrogens with one attached hydrogen (secondary N) is 1. The van der Waals surface area contributed by atoms with Crippen molar-refractivity contribution >= 4 is 10.9 Å². The van der Waals surface area contributed by atoms with E-state index in [0.717, 1.165) is 47.2 Å². The van der Waals surface area contributed by atoms with Crippen LogP contribution in [0.2, 0.25) is 0 Å². The lowest BCUT2D eigenvalue weighted by molar-refractivity contribution is 0.357. The Bertz CT molecular complexity index is 1160. The average molecular weight is 356 g/mol. The van der Waals surface area contributed by atoms with Gasteiger partial charge in [-0.05, 0) is 66.9 Å². The van der Waals surface area contributed by atoms with E-state index in [2.05, 4.69) is 64.6 Å². The van der Waals surface area contributed by atoms with E-state index < -0.39 is 0 Å². The maximum Gasteiger partial charge on any atom is 0.155 e. The van der Waals surface area contributed by atoms with Gasteiger partial charge in [-0.25, -0.2) is 9.97 Å². The van der Waals surface area contributed by atoms with E-state index in [1.807, 2.05) is 6.92 Å². The molecule has 0 saturated carbocycles. The minimum atomic E-state index is 0.715. The Kier molecular flexibility index (Phi) is 3.67. The third kappa shape index (κ3) is 2.95. The molecule has 5 rings (SSSR count). The zero-order valence-electron chi connectivity index (χ0n) is 15.4. The molecule has 0 bridgehead atoms. The molecular weight excluding hydrogens is 336 g/mol. The molecule has 1 aliphatic heterocycles. The second-order valence-electron chi connectivity index (χ2n) is 7.11. The van der Waals surface area contributed by atoms with Gasteiger partial charge in [-0.15, -0.1) is 0 Å². The summed E-state index contributed by atoms with van der Waals surface area (Å²) in [4.78, 5) is 9.30. The molecule has 2 aromatic carbocycles. The Labute approximate surface area is 157 Å². The Morgan fingerprint density at radius 3 is 2.81 bits per heavy atom. The Balaban J connectivity index is 1.52. The molecule has 0 fully saturated rings. The fourth-order valence-electron chi connectivity index (χ4n) is 3.70. The monoisotopic (exact) mass is 356 g/mol. The average Bonchev–Trinajstić information content (AvgIpc) is 3.30. The van der Waals surface area contributed by atoms with Gasteiger partial charge >= 0.3 is 0 Å². The lowest BCUT2D eigenvalue weighted by Gasteiger charge is -2.09. The molecule has 4 aromatic rings. The number of aromatic nitrogens is 4. The summed E-state index contributed by atoms with van der Waals surface area (Å²) >= 11 is 0. The van der Waals surface area contributed by atoms with Crippen molar-refractivity contribution in [3.05, 3.63) is 70.8 Å². The molecular formula is C22H20N4O. The molecule has 0 aliphatic carbocycles. The van der Waals surface area contributed by atoms with Crippen molar-refractivity contribution in [2.24, 2.45) is 0 Å². The number of rotatable bonds is 3. The highest BCUT2D eigenvalue weighted by molar-refractivity contribution is 5.85. The number of hydrogen-bond donors (Lipinski definition) is 1. The van der Waals surface area contributed by atoms with Crippen molar-refractivity contribution in [1.82, 2.24) is 20.2 Å². The van der Waals surface area contributed by atoms with Gasteiger partial charge in [0.25, 0.3) is 0 Å². The zero-order chi connectivity index (χ0) is 18.4. The number of aryl methyl sites for hydroxylation is 2. The molecule has 1 aliphatic rings. The van der Waals surface area contributed by atoms with E-state index in [4.69, 9.17) is 9.72 Å². The quantitative estimate of drug-likeness (QED) is 0.599. The molecule has 0 radical (unpaired) electrons. The van der Waals surface area contributed by atoms with E-state index in [1.54, 1.807) is 0 Å². The smallest absolute Gasteiger partial charge is 0.155 e. The third-order valence-corrected chi connectivity index (χ3v) is 5.07. The van der Waals surface area contributed by atoms with Crippen LogP contribution in [0.4, 0.5) is 0 Å². The second kappa shape index (κ2) is 6.20. The molecule has 0 amide bonds. The molecule has 1 N–H and O–H groups in total. The number of hydrogen-bond acceptors (Lipinski definition) is 4. The molecule has 2 aromatic heterocycles. The standard InChI is InChI=1S/C22H20N4O/c1-13-9-20(16-4-6-21-17(12-16)7-8-27-21)24-19-5-3-15(10-18(13)19)11-22-23-14(2)25-26-22/h3-6,9-10,12H,7-8,11H2,1-2H3,(H,23,25,26). The molecule has 134 valence electrons. The summed E-state index contributed by atoms with van der Waals surface area (Å²) in [6.07, 6.45) is 1.69. The summed E-state index contributed by atoms with van der Waals surface area (Å²) in [5, 5.41) is 8.31. The second-order valence-corrected chi connectivity index (χ2v) is 7.11. The van der Waals surface area contributed by atoms with Crippen molar-refractivity contribution in [2.75, 3.05) is 6.61 Å². The first-order valence-corrected chi connectivity index (χ1v) is 9.20. The van der Waals surface area contributed by atoms with E-state index in [9.17, 15) is 0 Å². The van der Waals surface area contributed by atoms with Crippen LogP contribution in [0.25, 0.3) is 22.2 Å². The van der Waals surface area contributed by atoms with Crippen molar-refractivity contribution in [3.63, 3.8) is 0 Å². The Hall–Kier alpha value is -3.21. The molecule has 0 atom stereocenters. The first kappa shape index (κ1) is 16.0. The van der Waals surface area contributed by atoms with E-state index >= 15 is 0 Å². The van der Waals surface area contributed by atoms with Gasteiger partial charge < -0.3 is 4.74 Å². The van der Waals surface area contributed by atoms with Gasteiger partial charge in [0.2, 0.25) is 0 Å². The van der Waals surface area contributed by atoms with Crippen LogP contribution in [0, 0.1) is 13.8 Å². The molecule has 3 heterocycles. The first-order valence-electron chi connectivity index (χ1n) is 9.20. The molecule has 0 spiro atoms. The normalized spacial score (nSPS) is 13.0. The maximum atomic E-state index is 5.61. The lowest BCUT2D eigenvalue weighted by Crippen LogP contribution is -1.94. The third-order valence-electron chi connectivity index (χ3n) is 5.07. The van der Waals surface area contributed by atoms with Crippen LogP contribution in [-0.2, 0) is 12.8 Å². The topological polar surface area (TPSA) is 63.7 Å². The Morgan fingerprint density at radius 1 is 1.04 bits per heavy atom. The molecule has 0 saturated heterocycles. The van der Waals surface area contributed by atoms with Crippen molar-refractivity contribution in [3.8, 4) is 17.0 Å². The molecule has 5 nitrogen and oxygen atoms in total. The predicted octanol–water partition coefficient (Wildman–Crippen LogP) is 4.16. The molecule has 5 heteroatoms. The maximum absolute atomic E-state index is 5.61. The van der Waals surface area contributed by atoms with Crippen LogP contribution in [0.5, 0.6) is 5.75 Å². The number of nitrogens with zero attached hydrogens (tertiary/aromatic N) is 3. The van der Waals surface area contributed by atoms with Gasteiger partial charge in [-0.3, -0.25) is 5.10 Å². The van der Waals surface area contributed by atoms with Gasteiger partial charge in [-0.2, -0.15) is 5.10 Å². The summed E-state index contributed by atoms with van der Waals surface area (Å²) in [5.74, 6) is 2.66. The van der Waals surface area contributed by atoms with E-state index in [0.29, 0.717) is 6.42 Å². The van der Waals surface area contributed by atoms with Crippen LogP contribution in [0.3, 0.4) is 0 Å². The van der Waals surface area contributed by atoms with E-state index in [1.165, 1.54) is 22.1 Å². The summed E-state index contributed by atoms with van der Waals surface area (Å²) in [7, 11) is 0. The minimum absolute atomic E-state index is 0.715. The number of pyridine rings is 1. The van der Waals surface area contributed by atoms with Crippen molar-refractivity contribution in [2.45, 2.75) is 26.7 Å². The lowest BCUT2D eigenvalue weighted by atomic mass is 10.0. The summed E-state index contributed by atoms with van der Waals surface area (Å²) in [6.45, 7) is 4.83. The highest BCUT2D eigenvalue weighted by atomic mass is 16.5. The number of ether oxygens (including phenoxy) is 1. The predicted molar refractivity (Wildman–Crippen MR) is 105 cm³/mol. The highest BCUT2D eigenvalue weighted by Crippen LogP contribution is 2.31. The number of H-pyrrole nitrogens is 1. The number of benzene rings is 2. The van der Waals surface area contributed by atoms with Crippen LogP contribution in [0.1, 0.15) is 28.3 Å². The minimum Gasteiger partial charge on any atom is -0.493 e. The van der Waals surface area contributed by atoms with Crippen LogP contribution in [0.15, 0.2) is 42.5 Å². The van der Waals surface area contributed by atoms with Crippen LogP contribution in [-0.4, -0.2) is 26.8 Å². The van der Waals surface area contributed by atoms with Crippen molar-refractivity contribution in [1.29, 1.82) is 0 Å². The van der Waals surface area contributed by atoms with Gasteiger partial charge in [-0.1, -0.05) is 6.07 Å². The van der Waals surface area contributed by atoms with Gasteiger partial charge in [0.15, 0.2) is 5.82 Å². The largest absolute Gasteiger partial charge is 0.493 e. The summed E-state index contributed by atoms with van der Waals surface area (Å²) in [6, 6.07) is 14.9. The van der Waals surface area contributed by atoms with Crippen LogP contribution >= 0.6 is 0 Å². The number of aromatic amines is 1. The van der Waals surface area contributed by atoms with Crippen LogP contribution < -0.4 is 4.74 Å². The fraction of sp³-hybridized carbons (Fsp3) is 0.227. The van der Waals surface area contributed by atoms with Gasteiger partial charge in [0, 0.05) is 23.8 Å². The SMILES string of the molecule is Cc1nc(Cc2ccc3nc(-c4ccc5c(c4)CCO5)cc(C)c3c2)n[nH]1. The van der Waals surface area contributed by atoms with Crippen molar-refractivity contribution < 1.29 is 4.74 Å². The molecule has 27 heavy (non-hydrogen) atoms. The number of fused-ring (bicyclic) bond motifs is 2. The fourth-order valence-corrected chi connectivity index (χ4v) is 3.70. The molecule has 0 unspecified atom stereocenters. The van der Waals surface area contributed by atoms with E-state index in [-0.39, 0.29) is 0 Å². The van der Waals surface area contributed by atoms with Gasteiger partial charge in [0.05, 0.1) is 17.8 Å².